The fourth-order valence-electron chi connectivity index (χ4n) is 1.16. The van der Waals surface area contributed by atoms with Crippen LogP contribution in [0.2, 0.25) is 0 Å². The lowest BCUT2D eigenvalue weighted by molar-refractivity contribution is -0.133. The fourth-order valence-corrected chi connectivity index (χ4v) is 1.68. The lowest BCUT2D eigenvalue weighted by Gasteiger charge is -1.92. The second kappa shape index (κ2) is 4.83. The summed E-state index contributed by atoms with van der Waals surface area (Å²) in [5.74, 6) is -0.603. The average molecular weight is 252 g/mol. The molecule has 0 unspecified atom stereocenters. The molecular formula is C9H8N4O3S. The Morgan fingerprint density at radius 2 is 2.35 bits per heavy atom. The third kappa shape index (κ3) is 2.94. The highest BCUT2D eigenvalue weighted by molar-refractivity contribution is 7.99. The van der Waals surface area contributed by atoms with Gasteiger partial charge in [0.25, 0.3) is 0 Å². The minimum Gasteiger partial charge on any atom is -0.481 e. The summed E-state index contributed by atoms with van der Waals surface area (Å²) in [6, 6.07) is 3.06. The standard InChI is InChI=1S/C9H8N4O3S/c14-6-3-5(1-2-10-6)8-11-9(13-12-8)17-4-7(15)16/h1-3H,4H2,(H,10,14)(H,15,16)(H,11,12,13). The number of thioether (sulfide) groups is 1. The van der Waals surface area contributed by atoms with E-state index >= 15 is 0 Å². The predicted octanol–water partition coefficient (Wildman–Crippen LogP) is 0.337. The molecule has 88 valence electrons. The number of hydrogen-bond donors (Lipinski definition) is 3. The van der Waals surface area contributed by atoms with E-state index < -0.39 is 5.97 Å². The van der Waals surface area contributed by atoms with Gasteiger partial charge in [-0.1, -0.05) is 11.8 Å². The quantitative estimate of drug-likeness (QED) is 0.676. The minimum atomic E-state index is -0.933. The van der Waals surface area contributed by atoms with E-state index in [1.807, 2.05) is 0 Å². The highest BCUT2D eigenvalue weighted by atomic mass is 32.2. The summed E-state index contributed by atoms with van der Waals surface area (Å²) >= 11 is 1.01. The number of aromatic nitrogens is 4. The van der Waals surface area contributed by atoms with Crippen molar-refractivity contribution in [2.75, 3.05) is 5.75 Å². The molecular weight excluding hydrogens is 244 g/mol. The zero-order chi connectivity index (χ0) is 12.3. The Morgan fingerprint density at radius 1 is 1.53 bits per heavy atom. The maximum absolute atomic E-state index is 11.1. The Labute approximate surface area is 99.3 Å². The van der Waals surface area contributed by atoms with Gasteiger partial charge in [-0.25, -0.2) is 4.98 Å². The Hall–Kier alpha value is -2.09. The van der Waals surface area contributed by atoms with Crippen LogP contribution in [0.5, 0.6) is 0 Å². The van der Waals surface area contributed by atoms with Gasteiger partial charge in [-0.2, -0.15) is 0 Å². The number of nitrogens with one attached hydrogen (secondary N) is 2. The van der Waals surface area contributed by atoms with E-state index in [2.05, 4.69) is 20.2 Å². The van der Waals surface area contributed by atoms with Gasteiger partial charge in [0.1, 0.15) is 0 Å². The van der Waals surface area contributed by atoms with Crippen molar-refractivity contribution in [1.29, 1.82) is 0 Å². The Bertz CT molecular complexity index is 592. The monoisotopic (exact) mass is 252 g/mol. The van der Waals surface area contributed by atoms with Crippen LogP contribution in [0.1, 0.15) is 0 Å². The first-order valence-corrected chi connectivity index (χ1v) is 5.60. The molecule has 0 spiro atoms. The lowest BCUT2D eigenvalue weighted by Crippen LogP contribution is -2.02. The number of hydrogen-bond acceptors (Lipinski definition) is 5. The lowest BCUT2D eigenvalue weighted by atomic mass is 10.2. The normalized spacial score (nSPS) is 10.4. The molecule has 3 N–H and O–H groups in total. The Morgan fingerprint density at radius 3 is 3.06 bits per heavy atom. The molecule has 7 nitrogen and oxygen atoms in total. The second-order valence-electron chi connectivity index (χ2n) is 3.09. The molecule has 2 heterocycles. The van der Waals surface area contributed by atoms with Gasteiger partial charge in [-0.3, -0.25) is 14.7 Å². The van der Waals surface area contributed by atoms with Gasteiger partial charge in [-0.05, 0) is 6.07 Å². The summed E-state index contributed by atoms with van der Waals surface area (Å²) in [5.41, 5.74) is 0.363. The van der Waals surface area contributed by atoms with Crippen LogP contribution in [0.3, 0.4) is 0 Å². The molecule has 0 aromatic carbocycles. The van der Waals surface area contributed by atoms with E-state index in [9.17, 15) is 9.59 Å². The first-order valence-electron chi connectivity index (χ1n) is 4.61. The zero-order valence-corrected chi connectivity index (χ0v) is 9.32. The van der Waals surface area contributed by atoms with Crippen molar-refractivity contribution in [3.8, 4) is 11.4 Å². The van der Waals surface area contributed by atoms with Gasteiger partial charge in [-0.15, -0.1) is 5.10 Å². The molecule has 2 aromatic heterocycles. The summed E-state index contributed by atoms with van der Waals surface area (Å²) in [7, 11) is 0. The molecule has 0 fully saturated rings. The van der Waals surface area contributed by atoms with Crippen LogP contribution in [0.15, 0.2) is 28.3 Å². The Kier molecular flexibility index (Phi) is 3.24. The number of carbonyl (C=O) groups is 1. The van der Waals surface area contributed by atoms with Crippen LogP contribution in [-0.4, -0.2) is 37.0 Å². The van der Waals surface area contributed by atoms with Gasteiger partial charge < -0.3 is 10.1 Å². The van der Waals surface area contributed by atoms with E-state index in [0.29, 0.717) is 16.5 Å². The van der Waals surface area contributed by atoms with E-state index in [4.69, 9.17) is 5.11 Å². The van der Waals surface area contributed by atoms with Crippen molar-refractivity contribution >= 4 is 17.7 Å². The van der Waals surface area contributed by atoms with E-state index in [1.165, 1.54) is 12.3 Å². The van der Waals surface area contributed by atoms with Gasteiger partial charge in [0, 0.05) is 17.8 Å². The van der Waals surface area contributed by atoms with Crippen LogP contribution in [-0.2, 0) is 4.79 Å². The molecule has 8 heteroatoms. The molecule has 0 aliphatic heterocycles. The first kappa shape index (κ1) is 11.4. The summed E-state index contributed by atoms with van der Waals surface area (Å²) in [6.45, 7) is 0. The predicted molar refractivity (Wildman–Crippen MR) is 60.8 cm³/mol. The van der Waals surface area contributed by atoms with Crippen molar-refractivity contribution in [2.45, 2.75) is 5.16 Å². The average Bonchev–Trinajstić information content (AvgIpc) is 2.75. The topological polar surface area (TPSA) is 112 Å². The van der Waals surface area contributed by atoms with Gasteiger partial charge in [0.15, 0.2) is 5.82 Å². The number of pyridine rings is 1. The number of carboxylic acids is 1. The van der Waals surface area contributed by atoms with Crippen molar-refractivity contribution < 1.29 is 9.90 Å². The van der Waals surface area contributed by atoms with Gasteiger partial charge >= 0.3 is 5.97 Å². The molecule has 0 bridgehead atoms. The first-order chi connectivity index (χ1) is 8.15. The smallest absolute Gasteiger partial charge is 0.313 e. The number of nitrogens with zero attached hydrogens (tertiary/aromatic N) is 2. The molecule has 0 aliphatic rings. The Balaban J connectivity index is 2.18. The molecule has 0 saturated carbocycles. The van der Waals surface area contributed by atoms with Crippen molar-refractivity contribution in [2.24, 2.45) is 0 Å². The summed E-state index contributed by atoms with van der Waals surface area (Å²) in [5, 5.41) is 15.3. The third-order valence-corrected chi connectivity index (χ3v) is 2.67. The van der Waals surface area contributed by atoms with Crippen LogP contribution in [0.4, 0.5) is 0 Å². The van der Waals surface area contributed by atoms with Gasteiger partial charge in [0.05, 0.1) is 5.75 Å². The summed E-state index contributed by atoms with van der Waals surface area (Å²) in [6.07, 6.45) is 1.50. The SMILES string of the molecule is O=C(O)CSc1n[nH]c(-c2cc[nH]c(=O)c2)n1. The maximum atomic E-state index is 11.1. The maximum Gasteiger partial charge on any atom is 0.313 e. The van der Waals surface area contributed by atoms with Crippen LogP contribution in [0.25, 0.3) is 11.4 Å². The van der Waals surface area contributed by atoms with E-state index in [-0.39, 0.29) is 11.3 Å². The molecule has 0 atom stereocenters. The van der Waals surface area contributed by atoms with Gasteiger partial charge in [0.2, 0.25) is 10.7 Å². The van der Waals surface area contributed by atoms with Crippen molar-refractivity contribution in [3.05, 3.63) is 28.7 Å². The van der Waals surface area contributed by atoms with Crippen LogP contribution >= 0.6 is 11.8 Å². The number of aromatic amines is 2. The van der Waals surface area contributed by atoms with Crippen LogP contribution < -0.4 is 5.56 Å². The minimum absolute atomic E-state index is 0.104. The summed E-state index contributed by atoms with van der Waals surface area (Å²) < 4.78 is 0. The number of carboxylic acid groups (broad SMARTS) is 1. The molecule has 0 aliphatic carbocycles. The van der Waals surface area contributed by atoms with Crippen molar-refractivity contribution in [1.82, 2.24) is 20.2 Å². The second-order valence-corrected chi connectivity index (χ2v) is 4.03. The molecule has 0 saturated heterocycles. The zero-order valence-electron chi connectivity index (χ0n) is 8.51. The molecule has 2 rings (SSSR count). The largest absolute Gasteiger partial charge is 0.481 e. The van der Waals surface area contributed by atoms with E-state index in [0.717, 1.165) is 11.8 Å². The highest BCUT2D eigenvalue weighted by Crippen LogP contribution is 2.17. The highest BCUT2D eigenvalue weighted by Gasteiger charge is 2.08. The number of H-pyrrole nitrogens is 2. The third-order valence-electron chi connectivity index (χ3n) is 1.84. The molecule has 2 aromatic rings. The summed E-state index contributed by atoms with van der Waals surface area (Å²) in [4.78, 5) is 28.0. The van der Waals surface area contributed by atoms with Crippen LogP contribution in [0, 0.1) is 0 Å². The van der Waals surface area contributed by atoms with E-state index in [1.54, 1.807) is 6.07 Å². The molecule has 0 amide bonds. The number of aliphatic carboxylic acids is 1. The molecule has 17 heavy (non-hydrogen) atoms. The number of rotatable bonds is 4. The molecule has 0 radical (unpaired) electrons. The fraction of sp³-hybridized carbons (Fsp3) is 0.111. The van der Waals surface area contributed by atoms with Crippen molar-refractivity contribution in [3.63, 3.8) is 0 Å².